The summed E-state index contributed by atoms with van der Waals surface area (Å²) in [5.74, 6) is 0.210. The van der Waals surface area contributed by atoms with Crippen molar-refractivity contribution in [2.24, 2.45) is 0 Å². The second-order valence-corrected chi connectivity index (χ2v) is 8.86. The Morgan fingerprint density at radius 1 is 1.17 bits per heavy atom. The van der Waals surface area contributed by atoms with Gasteiger partial charge in [0, 0.05) is 19.1 Å². The van der Waals surface area contributed by atoms with Crippen LogP contribution in [-0.4, -0.2) is 70.3 Å². The number of likely N-dealkylation sites (tertiary alicyclic amines) is 1. The summed E-state index contributed by atoms with van der Waals surface area (Å²) in [4.78, 5) is 4.38. The van der Waals surface area contributed by atoms with Crippen LogP contribution in [0.1, 0.15) is 18.4 Å². The monoisotopic (exact) mass is 337 g/mol. The van der Waals surface area contributed by atoms with Crippen molar-refractivity contribution in [3.05, 3.63) is 29.8 Å². The van der Waals surface area contributed by atoms with Gasteiger partial charge in [0.1, 0.15) is 0 Å². The molecule has 3 rings (SSSR count). The van der Waals surface area contributed by atoms with E-state index >= 15 is 0 Å². The zero-order chi connectivity index (χ0) is 16.4. The van der Waals surface area contributed by atoms with E-state index < -0.39 is 10.0 Å². The third kappa shape index (κ3) is 3.70. The summed E-state index contributed by atoms with van der Waals surface area (Å²) in [5.41, 5.74) is 1.99. The molecule has 0 radical (unpaired) electrons. The molecule has 2 heterocycles. The number of hydrogen-bond donors (Lipinski definition) is 0. The molecule has 6 heteroatoms. The zero-order valence-electron chi connectivity index (χ0n) is 14.1. The Hall–Kier alpha value is -1.11. The number of rotatable bonds is 5. The smallest absolute Gasteiger partial charge is 0.236 e. The van der Waals surface area contributed by atoms with Gasteiger partial charge in [-0.3, -0.25) is 4.31 Å². The lowest BCUT2D eigenvalue weighted by Gasteiger charge is -2.38. The van der Waals surface area contributed by atoms with E-state index in [4.69, 9.17) is 0 Å². The first-order chi connectivity index (χ1) is 11.0. The van der Waals surface area contributed by atoms with Crippen LogP contribution in [0.5, 0.6) is 0 Å². The standard InChI is InChI=1S/C17H27N3O2S/c1-18(2)16-13-15-7-3-4-8-17(15)20(14-16)23(21,22)12-11-19-9-5-6-10-19/h3-4,7-8,16H,5-6,9-14H2,1-2H3/t16-/m0/s1. The molecule has 2 aliphatic heterocycles. The van der Waals surface area contributed by atoms with Crippen LogP contribution in [0.25, 0.3) is 0 Å². The van der Waals surface area contributed by atoms with Gasteiger partial charge in [0.25, 0.3) is 0 Å². The van der Waals surface area contributed by atoms with Gasteiger partial charge in [-0.25, -0.2) is 8.42 Å². The highest BCUT2D eigenvalue weighted by Gasteiger charge is 2.33. The molecular formula is C17H27N3O2S. The maximum atomic E-state index is 13.0. The van der Waals surface area contributed by atoms with Crippen LogP contribution in [0.4, 0.5) is 5.69 Å². The molecular weight excluding hydrogens is 310 g/mol. The van der Waals surface area contributed by atoms with Crippen molar-refractivity contribution in [2.45, 2.75) is 25.3 Å². The molecule has 0 aliphatic carbocycles. The molecule has 2 aliphatic rings. The average Bonchev–Trinajstić information content (AvgIpc) is 3.05. The van der Waals surface area contributed by atoms with Crippen molar-refractivity contribution in [1.29, 1.82) is 0 Å². The van der Waals surface area contributed by atoms with Gasteiger partial charge in [-0.05, 0) is 58.1 Å². The van der Waals surface area contributed by atoms with Crippen molar-refractivity contribution in [3.8, 4) is 0 Å². The highest BCUT2D eigenvalue weighted by atomic mass is 32.2. The predicted octanol–water partition coefficient (Wildman–Crippen LogP) is 1.40. The number of anilines is 1. The first-order valence-electron chi connectivity index (χ1n) is 8.44. The molecule has 23 heavy (non-hydrogen) atoms. The summed E-state index contributed by atoms with van der Waals surface area (Å²) in [6.07, 6.45) is 3.28. The fraction of sp³-hybridized carbons (Fsp3) is 0.647. The average molecular weight is 337 g/mol. The molecule has 1 atom stereocenters. The van der Waals surface area contributed by atoms with Crippen LogP contribution >= 0.6 is 0 Å². The van der Waals surface area contributed by atoms with Gasteiger partial charge in [0.2, 0.25) is 10.0 Å². The molecule has 0 bridgehead atoms. The quantitative estimate of drug-likeness (QED) is 0.815. The minimum atomic E-state index is -3.29. The molecule has 0 N–H and O–H groups in total. The molecule has 1 fully saturated rings. The largest absolute Gasteiger partial charge is 0.304 e. The van der Waals surface area contributed by atoms with Gasteiger partial charge in [0.05, 0.1) is 11.4 Å². The van der Waals surface area contributed by atoms with Crippen LogP contribution in [-0.2, 0) is 16.4 Å². The third-order valence-corrected chi connectivity index (χ3v) is 6.74. The van der Waals surface area contributed by atoms with E-state index in [-0.39, 0.29) is 11.8 Å². The maximum absolute atomic E-state index is 13.0. The predicted molar refractivity (Wildman–Crippen MR) is 94.4 cm³/mol. The van der Waals surface area contributed by atoms with Crippen molar-refractivity contribution in [1.82, 2.24) is 9.80 Å². The molecule has 0 amide bonds. The van der Waals surface area contributed by atoms with E-state index in [0.717, 1.165) is 30.8 Å². The number of para-hydroxylation sites is 1. The van der Waals surface area contributed by atoms with Gasteiger partial charge in [-0.1, -0.05) is 18.2 Å². The van der Waals surface area contributed by atoms with Gasteiger partial charge in [0.15, 0.2) is 0 Å². The van der Waals surface area contributed by atoms with Crippen molar-refractivity contribution >= 4 is 15.7 Å². The molecule has 1 aromatic rings. The number of benzene rings is 1. The van der Waals surface area contributed by atoms with Crippen LogP contribution in [0.2, 0.25) is 0 Å². The summed E-state index contributed by atoms with van der Waals surface area (Å²) in [6, 6.07) is 8.14. The Bertz CT molecular complexity index is 639. The Kier molecular flexibility index (Phi) is 4.94. The van der Waals surface area contributed by atoms with E-state index in [2.05, 4.69) is 9.80 Å². The van der Waals surface area contributed by atoms with Gasteiger partial charge >= 0.3 is 0 Å². The van der Waals surface area contributed by atoms with Crippen molar-refractivity contribution in [2.75, 3.05) is 50.3 Å². The third-order valence-electron chi connectivity index (χ3n) is 5.02. The van der Waals surface area contributed by atoms with E-state index in [1.54, 1.807) is 4.31 Å². The van der Waals surface area contributed by atoms with E-state index in [1.165, 1.54) is 12.8 Å². The summed E-state index contributed by atoms with van der Waals surface area (Å²) in [7, 11) is 0.757. The number of sulfonamides is 1. The van der Waals surface area contributed by atoms with Gasteiger partial charge in [-0.2, -0.15) is 0 Å². The van der Waals surface area contributed by atoms with Crippen molar-refractivity contribution < 1.29 is 8.42 Å². The molecule has 0 spiro atoms. The van der Waals surface area contributed by atoms with E-state index in [0.29, 0.717) is 13.1 Å². The fourth-order valence-electron chi connectivity index (χ4n) is 3.51. The Balaban J connectivity index is 1.81. The minimum absolute atomic E-state index is 0.210. The van der Waals surface area contributed by atoms with Crippen LogP contribution in [0.15, 0.2) is 24.3 Å². The van der Waals surface area contributed by atoms with Crippen molar-refractivity contribution in [3.63, 3.8) is 0 Å². The van der Waals surface area contributed by atoms with E-state index in [1.807, 2.05) is 38.4 Å². The normalized spacial score (nSPS) is 22.6. The second-order valence-electron chi connectivity index (χ2n) is 6.85. The van der Waals surface area contributed by atoms with Crippen LogP contribution in [0, 0.1) is 0 Å². The van der Waals surface area contributed by atoms with E-state index in [9.17, 15) is 8.42 Å². The first kappa shape index (κ1) is 16.7. The number of nitrogens with zero attached hydrogens (tertiary/aromatic N) is 3. The number of hydrogen-bond acceptors (Lipinski definition) is 4. The molecule has 5 nitrogen and oxygen atoms in total. The lowest BCUT2D eigenvalue weighted by atomic mass is 9.99. The van der Waals surface area contributed by atoms with Crippen LogP contribution < -0.4 is 4.31 Å². The lowest BCUT2D eigenvalue weighted by molar-refractivity contribution is 0.292. The summed E-state index contributed by atoms with van der Waals surface area (Å²) < 4.78 is 27.6. The van der Waals surface area contributed by atoms with Gasteiger partial charge in [-0.15, -0.1) is 0 Å². The fourth-order valence-corrected chi connectivity index (χ4v) is 5.09. The maximum Gasteiger partial charge on any atom is 0.236 e. The summed E-state index contributed by atoms with van der Waals surface area (Å²) in [5, 5.41) is 0. The topological polar surface area (TPSA) is 43.9 Å². The molecule has 1 saturated heterocycles. The zero-order valence-corrected chi connectivity index (χ0v) is 14.9. The second kappa shape index (κ2) is 6.79. The Morgan fingerprint density at radius 3 is 2.57 bits per heavy atom. The van der Waals surface area contributed by atoms with Crippen LogP contribution in [0.3, 0.4) is 0 Å². The molecule has 128 valence electrons. The highest BCUT2D eigenvalue weighted by Crippen LogP contribution is 2.30. The Morgan fingerprint density at radius 2 is 1.87 bits per heavy atom. The molecule has 0 unspecified atom stereocenters. The SMILES string of the molecule is CN(C)[C@H]1Cc2ccccc2N(S(=O)(=O)CCN2CCCC2)C1. The number of fused-ring (bicyclic) bond motifs is 1. The van der Waals surface area contributed by atoms with Gasteiger partial charge < -0.3 is 9.80 Å². The highest BCUT2D eigenvalue weighted by molar-refractivity contribution is 7.92. The molecule has 0 aromatic heterocycles. The minimum Gasteiger partial charge on any atom is -0.304 e. The lowest BCUT2D eigenvalue weighted by Crippen LogP contribution is -2.49. The summed E-state index contributed by atoms with van der Waals surface area (Å²) in [6.45, 7) is 3.26. The summed E-state index contributed by atoms with van der Waals surface area (Å²) >= 11 is 0. The molecule has 0 saturated carbocycles. The number of likely N-dealkylation sites (N-methyl/N-ethyl adjacent to an activating group) is 1. The molecule has 1 aromatic carbocycles. The first-order valence-corrected chi connectivity index (χ1v) is 10.1. The Labute approximate surface area is 139 Å².